The minimum atomic E-state index is -1.27. The third-order valence-corrected chi connectivity index (χ3v) is 7.62. The highest BCUT2D eigenvalue weighted by atomic mass is 28.3. The number of aromatic amines is 1. The molecule has 0 bridgehead atoms. The maximum absolute atomic E-state index is 13.3. The number of carbonyl (C=O) groups excluding carboxylic acids is 1. The van der Waals surface area contributed by atoms with Gasteiger partial charge in [0.05, 0.1) is 17.9 Å². The Bertz CT molecular complexity index is 1310. The first-order valence-electron chi connectivity index (χ1n) is 13.2. The third kappa shape index (κ3) is 7.31. The van der Waals surface area contributed by atoms with Gasteiger partial charge >= 0.3 is 6.09 Å². The second kappa shape index (κ2) is 11.4. The molecule has 0 radical (unpaired) electrons. The average molecular weight is 546 g/mol. The smallest absolute Gasteiger partial charge is 0.410 e. The Kier molecular flexibility index (Phi) is 8.87. The van der Waals surface area contributed by atoms with Crippen LogP contribution in [0.15, 0.2) is 17.2 Å². The molecule has 11 nitrogen and oxygen atoms in total. The first-order valence-corrected chi connectivity index (χ1v) is 16.9. The molecular weight excluding hydrogens is 502 g/mol. The Morgan fingerprint density at radius 1 is 1.18 bits per heavy atom. The summed E-state index contributed by atoms with van der Waals surface area (Å²) in [6.45, 7) is 21.3. The maximum atomic E-state index is 13.3. The first kappa shape index (κ1) is 29.6. The van der Waals surface area contributed by atoms with Crippen LogP contribution in [0.1, 0.15) is 65.6 Å². The summed E-state index contributed by atoms with van der Waals surface area (Å²) in [7, 11) is -1.27. The van der Waals surface area contributed by atoms with Gasteiger partial charge in [0, 0.05) is 26.3 Å². The number of fused-ring (bicyclic) bond motifs is 1. The van der Waals surface area contributed by atoms with Crippen molar-refractivity contribution in [2.75, 3.05) is 6.61 Å². The van der Waals surface area contributed by atoms with E-state index in [2.05, 4.69) is 29.7 Å². The van der Waals surface area contributed by atoms with Crippen molar-refractivity contribution >= 4 is 19.9 Å². The van der Waals surface area contributed by atoms with Crippen LogP contribution in [0.2, 0.25) is 25.7 Å². The summed E-state index contributed by atoms with van der Waals surface area (Å²) in [5.41, 5.74) is 1.53. The summed E-state index contributed by atoms with van der Waals surface area (Å²) in [5, 5.41) is 7.63. The molecule has 0 saturated carbocycles. The molecule has 0 aliphatic carbocycles. The monoisotopic (exact) mass is 545 g/mol. The van der Waals surface area contributed by atoms with E-state index in [4.69, 9.17) is 19.6 Å². The highest BCUT2D eigenvalue weighted by Gasteiger charge is 2.27. The molecule has 3 aromatic heterocycles. The Hall–Kier alpha value is -2.99. The molecule has 1 amide bonds. The van der Waals surface area contributed by atoms with Crippen LogP contribution >= 0.6 is 0 Å². The maximum Gasteiger partial charge on any atom is 0.410 e. The lowest BCUT2D eigenvalue weighted by molar-refractivity contribution is 0.0168. The molecule has 0 unspecified atom stereocenters. The molecule has 3 aromatic rings. The predicted molar refractivity (Wildman–Crippen MR) is 150 cm³/mol. The van der Waals surface area contributed by atoms with E-state index >= 15 is 0 Å². The summed E-state index contributed by atoms with van der Waals surface area (Å²) in [5.74, 6) is 0.180. The van der Waals surface area contributed by atoms with Crippen molar-refractivity contribution in [3.63, 3.8) is 0 Å². The largest absolute Gasteiger partial charge is 0.444 e. The number of nitrogens with zero attached hydrogens (tertiary/aromatic N) is 6. The van der Waals surface area contributed by atoms with Crippen LogP contribution in [0.5, 0.6) is 0 Å². The number of nitrogens with one attached hydrogen (secondary N) is 1. The van der Waals surface area contributed by atoms with Crippen LogP contribution in [0.3, 0.4) is 0 Å². The van der Waals surface area contributed by atoms with Gasteiger partial charge in [-0.3, -0.25) is 14.8 Å². The van der Waals surface area contributed by atoms with Gasteiger partial charge in [0.2, 0.25) is 0 Å². The fraction of sp³-hybridized carbons (Fsp3) is 0.654. The molecular formula is C26H43N7O4Si. The SMILES string of the molecule is CC(C)c1c(-c2cc(CN(C(=O)OC(C)(C)C)C(C)C)nn2COCC[Si](C)(C)C)nc2nc[nH]n2c1=O. The van der Waals surface area contributed by atoms with Gasteiger partial charge in [0.15, 0.2) is 0 Å². The molecule has 0 fully saturated rings. The van der Waals surface area contributed by atoms with Crippen molar-refractivity contribution in [1.29, 1.82) is 0 Å². The zero-order chi connectivity index (χ0) is 28.4. The number of rotatable bonds is 10. The summed E-state index contributed by atoms with van der Waals surface area (Å²) in [6.07, 6.45) is 1.04. The number of ether oxygens (including phenoxy) is 2. The van der Waals surface area contributed by atoms with Crippen LogP contribution < -0.4 is 5.56 Å². The molecule has 3 rings (SSSR count). The minimum Gasteiger partial charge on any atom is -0.444 e. The highest BCUT2D eigenvalue weighted by molar-refractivity contribution is 6.76. The van der Waals surface area contributed by atoms with E-state index in [1.807, 2.05) is 54.5 Å². The second-order valence-electron chi connectivity index (χ2n) is 12.4. The number of aromatic nitrogens is 6. The molecule has 0 aromatic carbocycles. The lowest BCUT2D eigenvalue weighted by Gasteiger charge is -2.29. The van der Waals surface area contributed by atoms with E-state index in [9.17, 15) is 9.59 Å². The van der Waals surface area contributed by atoms with Gasteiger partial charge in [-0.25, -0.2) is 19.4 Å². The van der Waals surface area contributed by atoms with Crippen LogP contribution in [-0.4, -0.2) is 66.7 Å². The second-order valence-corrected chi connectivity index (χ2v) is 18.0. The van der Waals surface area contributed by atoms with Gasteiger partial charge in [-0.05, 0) is 52.6 Å². The van der Waals surface area contributed by atoms with Crippen molar-refractivity contribution in [2.45, 2.75) is 105 Å². The lowest BCUT2D eigenvalue weighted by Crippen LogP contribution is -2.40. The first-order chi connectivity index (χ1) is 17.6. The van der Waals surface area contributed by atoms with Crippen molar-refractivity contribution in [3.05, 3.63) is 34.0 Å². The van der Waals surface area contributed by atoms with Crippen molar-refractivity contribution < 1.29 is 14.3 Å². The van der Waals surface area contributed by atoms with Gasteiger partial charge in [0.1, 0.15) is 24.4 Å². The topological polar surface area (TPSA) is 120 Å². The van der Waals surface area contributed by atoms with Crippen molar-refractivity contribution in [1.82, 2.24) is 34.3 Å². The summed E-state index contributed by atoms with van der Waals surface area (Å²) >= 11 is 0. The number of carbonyl (C=O) groups is 1. The Morgan fingerprint density at radius 2 is 1.87 bits per heavy atom. The van der Waals surface area contributed by atoms with Crippen molar-refractivity contribution in [3.8, 4) is 11.4 Å². The van der Waals surface area contributed by atoms with Crippen molar-refractivity contribution in [2.24, 2.45) is 0 Å². The van der Waals surface area contributed by atoms with Gasteiger partial charge in [0.25, 0.3) is 11.3 Å². The van der Waals surface area contributed by atoms with E-state index in [1.165, 1.54) is 10.8 Å². The highest BCUT2D eigenvalue weighted by Crippen LogP contribution is 2.27. The molecule has 0 aliphatic heterocycles. The van der Waals surface area contributed by atoms with Crippen LogP contribution in [0.25, 0.3) is 17.2 Å². The molecule has 210 valence electrons. The fourth-order valence-corrected chi connectivity index (χ4v) is 4.66. The summed E-state index contributed by atoms with van der Waals surface area (Å²) < 4.78 is 14.7. The quantitative estimate of drug-likeness (QED) is 0.285. The average Bonchev–Trinajstić information content (AvgIpc) is 3.39. The number of amides is 1. The number of H-pyrrole nitrogens is 1. The zero-order valence-corrected chi connectivity index (χ0v) is 25.5. The third-order valence-electron chi connectivity index (χ3n) is 5.91. The van der Waals surface area contributed by atoms with Gasteiger partial charge in [-0.15, -0.1) is 0 Å². The molecule has 12 heteroatoms. The van der Waals surface area contributed by atoms with Gasteiger partial charge in [-0.1, -0.05) is 33.5 Å². The minimum absolute atomic E-state index is 0.0984. The van der Waals surface area contributed by atoms with E-state index in [0.717, 1.165) is 6.04 Å². The summed E-state index contributed by atoms with van der Waals surface area (Å²) in [4.78, 5) is 36.9. The van der Waals surface area contributed by atoms with Crippen LogP contribution in [-0.2, 0) is 22.7 Å². The lowest BCUT2D eigenvalue weighted by atomic mass is 10.0. The fourth-order valence-electron chi connectivity index (χ4n) is 3.90. The summed E-state index contributed by atoms with van der Waals surface area (Å²) in [6, 6.07) is 2.78. The zero-order valence-electron chi connectivity index (χ0n) is 24.5. The molecule has 3 heterocycles. The Balaban J connectivity index is 2.06. The normalized spacial score (nSPS) is 12.6. The van der Waals surface area contributed by atoms with E-state index in [0.29, 0.717) is 29.3 Å². The molecule has 38 heavy (non-hydrogen) atoms. The molecule has 0 spiro atoms. The van der Waals surface area contributed by atoms with Crippen LogP contribution in [0, 0.1) is 0 Å². The van der Waals surface area contributed by atoms with E-state index in [1.54, 1.807) is 9.58 Å². The van der Waals surface area contributed by atoms with Gasteiger partial charge < -0.3 is 9.47 Å². The molecule has 1 N–H and O–H groups in total. The standard InChI is InChI=1S/C26H43N7O4Si/c1-17(2)21-22(29-24-27-15-28-33(24)23(21)34)20-13-19(30-32(20)16-36-11-12-38(8,9)10)14-31(18(3)4)25(35)37-26(5,6)7/h13,15,17-18H,11-12,14,16H2,1-10H3,(H,27,28,29). The number of hydrogen-bond acceptors (Lipinski definition) is 7. The predicted octanol–water partition coefficient (Wildman–Crippen LogP) is 4.86. The van der Waals surface area contributed by atoms with Crippen LogP contribution in [0.4, 0.5) is 4.79 Å². The molecule has 0 aliphatic rings. The van der Waals surface area contributed by atoms with E-state index in [-0.39, 0.29) is 36.6 Å². The molecule has 0 atom stereocenters. The Morgan fingerprint density at radius 3 is 2.45 bits per heavy atom. The number of hydrogen-bond donors (Lipinski definition) is 1. The molecule has 0 saturated heterocycles. The Labute approximate surface area is 225 Å². The van der Waals surface area contributed by atoms with Gasteiger partial charge in [-0.2, -0.15) is 9.61 Å². The van der Waals surface area contributed by atoms with E-state index < -0.39 is 19.8 Å².